The van der Waals surface area contributed by atoms with Crippen LogP contribution in [0, 0.1) is 0 Å². The Morgan fingerprint density at radius 2 is 2.05 bits per heavy atom. The van der Waals surface area contributed by atoms with Crippen LogP contribution in [-0.2, 0) is 14.3 Å². The van der Waals surface area contributed by atoms with Crippen LogP contribution < -0.4 is 5.32 Å². The zero-order chi connectivity index (χ0) is 15.3. The lowest BCUT2D eigenvalue weighted by Crippen LogP contribution is -2.69. The average Bonchev–Trinajstić information content (AvgIpc) is 2.39. The van der Waals surface area contributed by atoms with E-state index in [2.05, 4.69) is 5.32 Å². The molecule has 0 saturated carbocycles. The number of amides is 2. The molecule has 2 atom stereocenters. The molecule has 1 heterocycles. The Balaban J connectivity index is 2.71. The van der Waals surface area contributed by atoms with Gasteiger partial charge in [0.2, 0.25) is 11.8 Å². The van der Waals surface area contributed by atoms with Gasteiger partial charge < -0.3 is 15.0 Å². The van der Waals surface area contributed by atoms with Crippen molar-refractivity contribution >= 4 is 11.8 Å². The van der Waals surface area contributed by atoms with Gasteiger partial charge >= 0.3 is 0 Å². The zero-order valence-electron chi connectivity index (χ0n) is 12.1. The molecular weight excluding hydrogens is 270 g/mol. The van der Waals surface area contributed by atoms with E-state index in [4.69, 9.17) is 4.74 Å². The van der Waals surface area contributed by atoms with E-state index < -0.39 is 24.6 Å². The quantitative estimate of drug-likeness (QED) is 0.717. The van der Waals surface area contributed by atoms with Crippen LogP contribution >= 0.6 is 0 Å². The Hall–Kier alpha value is -1.24. The molecule has 5 nitrogen and oxygen atoms in total. The molecule has 0 spiro atoms. The summed E-state index contributed by atoms with van der Waals surface area (Å²) in [4.78, 5) is 25.9. The first-order chi connectivity index (χ1) is 9.35. The standard InChI is InChI=1S/C13H22F2N2O3/c1-4-9-11(18)16-13(3,5-2)12(19)17(9)6-7-20-8-10(14)15/h9-10H,4-8H2,1-3H3,(H,16,18). The van der Waals surface area contributed by atoms with Crippen LogP contribution in [0.1, 0.15) is 33.6 Å². The highest BCUT2D eigenvalue weighted by atomic mass is 19.3. The topological polar surface area (TPSA) is 58.6 Å². The maximum absolute atomic E-state index is 12.4. The molecule has 1 fully saturated rings. The van der Waals surface area contributed by atoms with Gasteiger partial charge in [-0.3, -0.25) is 9.59 Å². The van der Waals surface area contributed by atoms with Crippen LogP contribution in [0.3, 0.4) is 0 Å². The summed E-state index contributed by atoms with van der Waals surface area (Å²) in [7, 11) is 0. The van der Waals surface area contributed by atoms with Crippen molar-refractivity contribution in [1.29, 1.82) is 0 Å². The fourth-order valence-corrected chi connectivity index (χ4v) is 2.25. The van der Waals surface area contributed by atoms with Gasteiger partial charge in [0, 0.05) is 6.54 Å². The lowest BCUT2D eigenvalue weighted by atomic mass is 9.91. The Kier molecular flexibility index (Phi) is 5.86. The highest BCUT2D eigenvalue weighted by Crippen LogP contribution is 2.22. The number of hydrogen-bond acceptors (Lipinski definition) is 3. The molecule has 20 heavy (non-hydrogen) atoms. The summed E-state index contributed by atoms with van der Waals surface area (Å²) < 4.78 is 28.8. The maximum atomic E-state index is 12.4. The molecule has 1 rings (SSSR count). The van der Waals surface area contributed by atoms with Crippen LogP contribution in [0.2, 0.25) is 0 Å². The number of carbonyl (C=O) groups excluding carboxylic acids is 2. The van der Waals surface area contributed by atoms with E-state index in [-0.39, 0.29) is 25.0 Å². The molecule has 0 bridgehead atoms. The molecule has 0 radical (unpaired) electrons. The van der Waals surface area contributed by atoms with Gasteiger partial charge in [-0.05, 0) is 19.8 Å². The van der Waals surface area contributed by atoms with Gasteiger partial charge in [0.1, 0.15) is 18.2 Å². The Morgan fingerprint density at radius 3 is 2.55 bits per heavy atom. The van der Waals surface area contributed by atoms with E-state index in [0.29, 0.717) is 12.8 Å². The maximum Gasteiger partial charge on any atom is 0.261 e. The summed E-state index contributed by atoms with van der Waals surface area (Å²) in [5.74, 6) is -0.391. The lowest BCUT2D eigenvalue weighted by molar-refractivity contribution is -0.155. The summed E-state index contributed by atoms with van der Waals surface area (Å²) in [5, 5.41) is 2.74. The van der Waals surface area contributed by atoms with Gasteiger partial charge in [0.25, 0.3) is 6.43 Å². The van der Waals surface area contributed by atoms with Crippen LogP contribution in [0.15, 0.2) is 0 Å². The lowest BCUT2D eigenvalue weighted by Gasteiger charge is -2.43. The number of rotatable bonds is 7. The molecule has 7 heteroatoms. The van der Waals surface area contributed by atoms with Crippen molar-refractivity contribution in [2.75, 3.05) is 19.8 Å². The minimum absolute atomic E-state index is 0.000343. The molecule has 1 aliphatic rings. The predicted octanol–water partition coefficient (Wildman–Crippen LogP) is 1.17. The summed E-state index contributed by atoms with van der Waals surface area (Å²) >= 11 is 0. The Labute approximate surface area is 117 Å². The smallest absolute Gasteiger partial charge is 0.261 e. The van der Waals surface area contributed by atoms with Crippen LogP contribution in [0.5, 0.6) is 0 Å². The largest absolute Gasteiger partial charge is 0.374 e. The minimum atomic E-state index is -2.53. The molecule has 0 aromatic rings. The Morgan fingerprint density at radius 1 is 1.40 bits per heavy atom. The van der Waals surface area contributed by atoms with Crippen LogP contribution in [0.4, 0.5) is 8.78 Å². The van der Waals surface area contributed by atoms with Crippen LogP contribution in [0.25, 0.3) is 0 Å². The molecule has 2 unspecified atom stereocenters. The van der Waals surface area contributed by atoms with E-state index >= 15 is 0 Å². The first-order valence-corrected chi connectivity index (χ1v) is 6.84. The molecule has 1 saturated heterocycles. The van der Waals surface area contributed by atoms with Gasteiger partial charge in [0.05, 0.1) is 6.61 Å². The van der Waals surface area contributed by atoms with Crippen molar-refractivity contribution in [2.45, 2.75) is 51.6 Å². The van der Waals surface area contributed by atoms with Crippen molar-refractivity contribution in [3.63, 3.8) is 0 Å². The van der Waals surface area contributed by atoms with E-state index in [1.54, 1.807) is 13.8 Å². The summed E-state index contributed by atoms with van der Waals surface area (Å²) in [6.07, 6.45) is -1.58. The molecule has 0 aromatic heterocycles. The van der Waals surface area contributed by atoms with Crippen molar-refractivity contribution in [2.24, 2.45) is 0 Å². The molecule has 0 aliphatic carbocycles. The molecule has 116 valence electrons. The number of piperazine rings is 1. The van der Waals surface area contributed by atoms with Crippen molar-refractivity contribution in [1.82, 2.24) is 10.2 Å². The van der Waals surface area contributed by atoms with Gasteiger partial charge in [0.15, 0.2) is 0 Å². The van der Waals surface area contributed by atoms with E-state index in [1.807, 2.05) is 6.92 Å². The molecule has 1 aliphatic heterocycles. The number of carbonyl (C=O) groups is 2. The molecule has 0 aromatic carbocycles. The highest BCUT2D eigenvalue weighted by Gasteiger charge is 2.45. The Bertz CT molecular complexity index is 366. The van der Waals surface area contributed by atoms with E-state index in [9.17, 15) is 18.4 Å². The number of nitrogens with zero attached hydrogens (tertiary/aromatic N) is 1. The third-order valence-corrected chi connectivity index (χ3v) is 3.63. The number of alkyl halides is 2. The van der Waals surface area contributed by atoms with Gasteiger partial charge in [-0.15, -0.1) is 0 Å². The molecule has 2 amide bonds. The van der Waals surface area contributed by atoms with E-state index in [0.717, 1.165) is 0 Å². The fourth-order valence-electron chi connectivity index (χ4n) is 2.25. The van der Waals surface area contributed by atoms with Crippen molar-refractivity contribution in [3.05, 3.63) is 0 Å². The second-order valence-electron chi connectivity index (χ2n) is 5.06. The van der Waals surface area contributed by atoms with Crippen LogP contribution in [-0.4, -0.2) is 54.5 Å². The van der Waals surface area contributed by atoms with Crippen molar-refractivity contribution < 1.29 is 23.1 Å². The second kappa shape index (κ2) is 6.97. The zero-order valence-corrected chi connectivity index (χ0v) is 12.1. The number of hydrogen-bond donors (Lipinski definition) is 1. The third kappa shape index (κ3) is 3.65. The number of halogens is 2. The summed E-state index contributed by atoms with van der Waals surface area (Å²) in [5.41, 5.74) is -0.925. The second-order valence-corrected chi connectivity index (χ2v) is 5.06. The van der Waals surface area contributed by atoms with Gasteiger partial charge in [-0.25, -0.2) is 8.78 Å². The highest BCUT2D eigenvalue weighted by molar-refractivity contribution is 5.99. The van der Waals surface area contributed by atoms with E-state index in [1.165, 1.54) is 4.90 Å². The normalized spacial score (nSPS) is 27.1. The van der Waals surface area contributed by atoms with Gasteiger partial charge in [-0.1, -0.05) is 13.8 Å². The number of nitrogens with one attached hydrogen (secondary N) is 1. The minimum Gasteiger partial charge on any atom is -0.374 e. The SMILES string of the molecule is CCC1C(=O)NC(C)(CC)C(=O)N1CCOCC(F)F. The number of ether oxygens (including phenoxy) is 1. The first kappa shape index (κ1) is 16.8. The third-order valence-electron chi connectivity index (χ3n) is 3.63. The van der Waals surface area contributed by atoms with Gasteiger partial charge in [-0.2, -0.15) is 0 Å². The van der Waals surface area contributed by atoms with Crippen molar-refractivity contribution in [3.8, 4) is 0 Å². The molecule has 1 N–H and O–H groups in total. The monoisotopic (exact) mass is 292 g/mol. The fraction of sp³-hybridized carbons (Fsp3) is 0.846. The summed E-state index contributed by atoms with van der Waals surface area (Å²) in [6, 6.07) is -0.558. The molecular formula is C13H22F2N2O3. The average molecular weight is 292 g/mol. The first-order valence-electron chi connectivity index (χ1n) is 6.84. The predicted molar refractivity (Wildman–Crippen MR) is 69.5 cm³/mol. The summed E-state index contributed by atoms with van der Waals surface area (Å²) in [6.45, 7) is 4.78.